The van der Waals surface area contributed by atoms with Gasteiger partial charge in [-0.2, -0.15) is 4.99 Å². The van der Waals surface area contributed by atoms with E-state index in [-0.39, 0.29) is 0 Å². The van der Waals surface area contributed by atoms with E-state index >= 15 is 0 Å². The van der Waals surface area contributed by atoms with E-state index in [1.54, 1.807) is 0 Å². The van der Waals surface area contributed by atoms with Gasteiger partial charge in [0, 0.05) is 0 Å². The average Bonchev–Trinajstić information content (AvgIpc) is 2.18. The molecule has 1 nitrogen and oxygen atoms in total. The molecule has 0 atom stereocenters. The number of hydrogen-bond donors (Lipinski definition) is 0. The van der Waals surface area contributed by atoms with Crippen LogP contribution < -0.4 is 0 Å². The summed E-state index contributed by atoms with van der Waals surface area (Å²) in [5, 5.41) is 2.50. The number of thiocarbonyl (C=S) groups is 1. The summed E-state index contributed by atoms with van der Waals surface area (Å²) in [7, 11) is 0. The molecule has 0 fully saturated rings. The van der Waals surface area contributed by atoms with Gasteiger partial charge in [-0.05, 0) is 61.2 Å². The van der Waals surface area contributed by atoms with E-state index in [1.807, 2.05) is 0 Å². The maximum atomic E-state index is 4.72. The first-order chi connectivity index (χ1) is 7.15. The highest BCUT2D eigenvalue weighted by Crippen LogP contribution is 2.31. The Morgan fingerprint density at radius 1 is 1.13 bits per heavy atom. The first kappa shape index (κ1) is 12.1. The Morgan fingerprint density at radius 2 is 1.60 bits per heavy atom. The molecule has 80 valence electrons. The second-order valence-electron chi connectivity index (χ2n) is 3.73. The highest BCUT2D eigenvalue weighted by molar-refractivity contribution is 7.78. The maximum absolute atomic E-state index is 4.72. The highest BCUT2D eigenvalue weighted by Gasteiger charge is 2.10. The number of rotatable bonds is 3. The molecule has 0 aromatic heterocycles. The zero-order valence-corrected chi connectivity index (χ0v) is 10.7. The quantitative estimate of drug-likeness (QED) is 0.549. The SMILES string of the molecule is CCc1c(C)cc(C)c(CC)c1N=C=S. The van der Waals surface area contributed by atoms with E-state index in [0.29, 0.717) is 0 Å². The van der Waals surface area contributed by atoms with Crippen molar-refractivity contribution in [3.05, 3.63) is 28.3 Å². The molecule has 0 N–H and O–H groups in total. The molecular weight excluding hydrogens is 202 g/mol. The number of aliphatic imine (C=N–C) groups is 1. The van der Waals surface area contributed by atoms with Crippen LogP contribution in [0.5, 0.6) is 0 Å². The second-order valence-corrected chi connectivity index (χ2v) is 3.91. The van der Waals surface area contributed by atoms with Gasteiger partial charge < -0.3 is 0 Å². The van der Waals surface area contributed by atoms with Crippen molar-refractivity contribution in [2.75, 3.05) is 0 Å². The minimum Gasteiger partial charge on any atom is -0.194 e. The van der Waals surface area contributed by atoms with Crippen molar-refractivity contribution in [1.29, 1.82) is 0 Å². The molecule has 0 bridgehead atoms. The number of aryl methyl sites for hydroxylation is 2. The molecule has 1 aromatic rings. The summed E-state index contributed by atoms with van der Waals surface area (Å²) in [6.07, 6.45) is 1.99. The largest absolute Gasteiger partial charge is 0.194 e. The monoisotopic (exact) mass is 219 g/mol. The van der Waals surface area contributed by atoms with Gasteiger partial charge >= 0.3 is 0 Å². The van der Waals surface area contributed by atoms with Crippen LogP contribution >= 0.6 is 12.2 Å². The van der Waals surface area contributed by atoms with Gasteiger partial charge in [-0.25, -0.2) is 0 Å². The van der Waals surface area contributed by atoms with E-state index < -0.39 is 0 Å². The summed E-state index contributed by atoms with van der Waals surface area (Å²) in [6, 6.07) is 2.24. The van der Waals surface area contributed by atoms with Gasteiger partial charge in [-0.15, -0.1) is 0 Å². The first-order valence-corrected chi connectivity index (χ1v) is 5.76. The van der Waals surface area contributed by atoms with Gasteiger partial charge in [0.05, 0.1) is 10.8 Å². The molecule has 1 rings (SSSR count). The molecule has 0 radical (unpaired) electrons. The third kappa shape index (κ3) is 2.34. The molecule has 2 heteroatoms. The van der Waals surface area contributed by atoms with Crippen LogP contribution in [0.15, 0.2) is 11.1 Å². The zero-order chi connectivity index (χ0) is 11.4. The van der Waals surface area contributed by atoms with Gasteiger partial charge in [0.2, 0.25) is 0 Å². The van der Waals surface area contributed by atoms with Crippen LogP contribution in [-0.2, 0) is 12.8 Å². The van der Waals surface area contributed by atoms with E-state index in [0.717, 1.165) is 18.5 Å². The Balaban J connectivity index is 3.57. The van der Waals surface area contributed by atoms with Crippen LogP contribution in [0, 0.1) is 13.8 Å². The maximum Gasteiger partial charge on any atom is 0.0808 e. The summed E-state index contributed by atoms with van der Waals surface area (Å²) >= 11 is 4.72. The van der Waals surface area contributed by atoms with Crippen molar-refractivity contribution < 1.29 is 0 Å². The number of isothiocyanates is 1. The lowest BCUT2D eigenvalue weighted by atomic mass is 9.94. The Labute approximate surface area is 97.2 Å². The van der Waals surface area contributed by atoms with E-state index in [2.05, 4.69) is 43.9 Å². The van der Waals surface area contributed by atoms with Gasteiger partial charge in [-0.3, -0.25) is 0 Å². The van der Waals surface area contributed by atoms with Crippen molar-refractivity contribution in [3.63, 3.8) is 0 Å². The topological polar surface area (TPSA) is 12.4 Å². The molecular formula is C13H17NS. The van der Waals surface area contributed by atoms with Crippen LogP contribution in [0.1, 0.15) is 36.1 Å². The minimum absolute atomic E-state index is 0.995. The normalized spacial score (nSPS) is 9.87. The lowest BCUT2D eigenvalue weighted by molar-refractivity contribution is 1.04. The van der Waals surface area contributed by atoms with E-state index in [1.165, 1.54) is 22.3 Å². The second kappa shape index (κ2) is 5.20. The third-order valence-electron chi connectivity index (χ3n) is 2.82. The zero-order valence-electron chi connectivity index (χ0n) is 9.85. The molecule has 1 aromatic carbocycles. The first-order valence-electron chi connectivity index (χ1n) is 5.35. The molecule has 0 heterocycles. The molecule has 0 unspecified atom stereocenters. The number of hydrogen-bond acceptors (Lipinski definition) is 2. The summed E-state index contributed by atoms with van der Waals surface area (Å²) < 4.78 is 0. The fourth-order valence-electron chi connectivity index (χ4n) is 2.13. The van der Waals surface area contributed by atoms with Crippen molar-refractivity contribution in [2.45, 2.75) is 40.5 Å². The summed E-state index contributed by atoms with van der Waals surface area (Å²) in [6.45, 7) is 8.57. The van der Waals surface area contributed by atoms with Crippen molar-refractivity contribution >= 4 is 23.1 Å². The molecule has 0 aliphatic carbocycles. The van der Waals surface area contributed by atoms with Crippen LogP contribution in [0.2, 0.25) is 0 Å². The van der Waals surface area contributed by atoms with E-state index in [9.17, 15) is 0 Å². The smallest absolute Gasteiger partial charge is 0.0808 e. The van der Waals surface area contributed by atoms with Crippen LogP contribution in [-0.4, -0.2) is 5.16 Å². The number of nitrogens with zero attached hydrogens (tertiary/aromatic N) is 1. The van der Waals surface area contributed by atoms with Gasteiger partial charge in [0.1, 0.15) is 0 Å². The van der Waals surface area contributed by atoms with Crippen LogP contribution in [0.3, 0.4) is 0 Å². The fourth-order valence-corrected chi connectivity index (χ4v) is 2.22. The molecule has 0 aliphatic rings. The minimum atomic E-state index is 0.995. The predicted molar refractivity (Wildman–Crippen MR) is 69.4 cm³/mol. The Bertz CT molecular complexity index is 387. The molecule has 0 saturated heterocycles. The Hall–Kier alpha value is -0.980. The van der Waals surface area contributed by atoms with Crippen LogP contribution in [0.4, 0.5) is 5.69 Å². The van der Waals surface area contributed by atoms with Gasteiger partial charge in [0.15, 0.2) is 0 Å². The fraction of sp³-hybridized carbons (Fsp3) is 0.462. The van der Waals surface area contributed by atoms with E-state index in [4.69, 9.17) is 12.2 Å². The standard InChI is InChI=1S/C13H17NS/c1-5-11-9(3)7-10(4)12(6-2)13(11)14-8-15/h7H,5-6H2,1-4H3. The lowest BCUT2D eigenvalue weighted by Gasteiger charge is -2.14. The predicted octanol–water partition coefficient (Wildman–Crippen LogP) is 4.16. The average molecular weight is 219 g/mol. The molecule has 0 saturated carbocycles. The van der Waals surface area contributed by atoms with Crippen molar-refractivity contribution in [3.8, 4) is 0 Å². The van der Waals surface area contributed by atoms with Gasteiger partial charge in [0.25, 0.3) is 0 Å². The molecule has 0 aliphatic heterocycles. The summed E-state index contributed by atoms with van der Waals surface area (Å²) in [5.74, 6) is 0. The molecule has 15 heavy (non-hydrogen) atoms. The third-order valence-corrected chi connectivity index (χ3v) is 2.91. The Kier molecular flexibility index (Phi) is 4.19. The lowest BCUT2D eigenvalue weighted by Crippen LogP contribution is -1.96. The molecule has 0 amide bonds. The highest BCUT2D eigenvalue weighted by atomic mass is 32.1. The van der Waals surface area contributed by atoms with Gasteiger partial charge in [-0.1, -0.05) is 19.9 Å². The molecule has 0 spiro atoms. The summed E-state index contributed by atoms with van der Waals surface area (Å²) in [5.41, 5.74) is 6.25. The van der Waals surface area contributed by atoms with Crippen LogP contribution in [0.25, 0.3) is 0 Å². The number of benzene rings is 1. The van der Waals surface area contributed by atoms with Crippen molar-refractivity contribution in [1.82, 2.24) is 0 Å². The van der Waals surface area contributed by atoms with Crippen molar-refractivity contribution in [2.24, 2.45) is 4.99 Å². The summed E-state index contributed by atoms with van der Waals surface area (Å²) in [4.78, 5) is 4.23. The Morgan fingerprint density at radius 3 is 1.93 bits per heavy atom.